The molecule has 0 atom stereocenters. The van der Waals surface area contributed by atoms with Crippen LogP contribution < -0.4 is 0 Å². The van der Waals surface area contributed by atoms with E-state index in [1.54, 1.807) is 14.2 Å². The standard InChI is InChI=1S/C15H13BrN2O2S/c1-19-15(20-2)12-8-21-14(18-12)13-10(16)7-9-5-3-4-6-11(9)17-13/h3-8,15H,1-2H3. The average Bonchev–Trinajstić information content (AvgIpc) is 2.97. The topological polar surface area (TPSA) is 44.2 Å². The number of pyridine rings is 1. The van der Waals surface area contributed by atoms with Gasteiger partial charge in [-0.15, -0.1) is 11.3 Å². The van der Waals surface area contributed by atoms with Crippen molar-refractivity contribution in [2.45, 2.75) is 6.29 Å². The molecule has 0 bridgehead atoms. The van der Waals surface area contributed by atoms with E-state index < -0.39 is 6.29 Å². The molecule has 0 aliphatic carbocycles. The molecule has 0 aliphatic heterocycles. The Morgan fingerprint density at radius 2 is 1.90 bits per heavy atom. The zero-order valence-corrected chi connectivity index (χ0v) is 13.9. The molecule has 21 heavy (non-hydrogen) atoms. The summed E-state index contributed by atoms with van der Waals surface area (Å²) in [6, 6.07) is 10.1. The molecule has 2 heterocycles. The molecule has 4 nitrogen and oxygen atoms in total. The molecule has 0 amide bonds. The fourth-order valence-electron chi connectivity index (χ4n) is 2.08. The number of hydrogen-bond acceptors (Lipinski definition) is 5. The van der Waals surface area contributed by atoms with Crippen LogP contribution in [0.25, 0.3) is 21.6 Å². The summed E-state index contributed by atoms with van der Waals surface area (Å²) in [6.07, 6.45) is -0.450. The minimum absolute atomic E-state index is 0.450. The first-order chi connectivity index (χ1) is 10.2. The lowest BCUT2D eigenvalue weighted by molar-refractivity contribution is -0.108. The summed E-state index contributed by atoms with van der Waals surface area (Å²) in [7, 11) is 3.19. The van der Waals surface area contributed by atoms with Gasteiger partial charge in [-0.25, -0.2) is 9.97 Å². The van der Waals surface area contributed by atoms with Crippen LogP contribution in [0.4, 0.5) is 0 Å². The van der Waals surface area contributed by atoms with E-state index in [0.29, 0.717) is 0 Å². The van der Waals surface area contributed by atoms with E-state index in [1.165, 1.54) is 11.3 Å². The lowest BCUT2D eigenvalue weighted by Crippen LogP contribution is -2.03. The monoisotopic (exact) mass is 364 g/mol. The highest BCUT2D eigenvalue weighted by Crippen LogP contribution is 2.33. The molecule has 0 radical (unpaired) electrons. The minimum Gasteiger partial charge on any atom is -0.350 e. The minimum atomic E-state index is -0.450. The number of nitrogens with zero attached hydrogens (tertiary/aromatic N) is 2. The number of thiazole rings is 1. The van der Waals surface area contributed by atoms with Gasteiger partial charge in [-0.05, 0) is 28.1 Å². The van der Waals surface area contributed by atoms with E-state index in [4.69, 9.17) is 9.47 Å². The highest BCUT2D eigenvalue weighted by Gasteiger charge is 2.16. The van der Waals surface area contributed by atoms with Gasteiger partial charge in [0.25, 0.3) is 0 Å². The average molecular weight is 365 g/mol. The van der Waals surface area contributed by atoms with Crippen molar-refractivity contribution in [3.63, 3.8) is 0 Å². The van der Waals surface area contributed by atoms with Crippen molar-refractivity contribution in [2.75, 3.05) is 14.2 Å². The summed E-state index contributed by atoms with van der Waals surface area (Å²) in [6.45, 7) is 0. The van der Waals surface area contributed by atoms with Crippen molar-refractivity contribution in [1.29, 1.82) is 0 Å². The molecule has 3 aromatic rings. The summed E-state index contributed by atoms with van der Waals surface area (Å²) in [5.41, 5.74) is 2.53. The Morgan fingerprint density at radius 3 is 2.67 bits per heavy atom. The molecular weight excluding hydrogens is 352 g/mol. The Morgan fingerprint density at radius 1 is 1.14 bits per heavy atom. The van der Waals surface area contributed by atoms with Crippen molar-refractivity contribution in [3.8, 4) is 10.7 Å². The third-order valence-electron chi connectivity index (χ3n) is 3.07. The van der Waals surface area contributed by atoms with Crippen LogP contribution in [0, 0.1) is 0 Å². The quantitative estimate of drug-likeness (QED) is 0.643. The maximum Gasteiger partial charge on any atom is 0.201 e. The summed E-state index contributed by atoms with van der Waals surface area (Å²) >= 11 is 5.10. The third kappa shape index (κ3) is 2.85. The number of benzene rings is 1. The second kappa shape index (κ2) is 6.19. The Bertz CT molecular complexity index is 771. The maximum absolute atomic E-state index is 5.23. The van der Waals surface area contributed by atoms with Crippen molar-refractivity contribution in [3.05, 3.63) is 45.9 Å². The second-order valence-electron chi connectivity index (χ2n) is 4.39. The van der Waals surface area contributed by atoms with Crippen molar-refractivity contribution in [2.24, 2.45) is 0 Å². The van der Waals surface area contributed by atoms with E-state index in [2.05, 4.69) is 32.0 Å². The first-order valence-corrected chi connectivity index (χ1v) is 7.97. The van der Waals surface area contributed by atoms with Gasteiger partial charge in [-0.3, -0.25) is 0 Å². The van der Waals surface area contributed by atoms with E-state index in [1.807, 2.05) is 29.6 Å². The normalized spacial score (nSPS) is 11.4. The summed E-state index contributed by atoms with van der Waals surface area (Å²) in [5, 5.41) is 3.86. The van der Waals surface area contributed by atoms with Crippen molar-refractivity contribution in [1.82, 2.24) is 9.97 Å². The molecule has 0 spiro atoms. The fourth-order valence-corrected chi connectivity index (χ4v) is 3.56. The zero-order chi connectivity index (χ0) is 14.8. The van der Waals surface area contributed by atoms with Gasteiger partial charge >= 0.3 is 0 Å². The van der Waals surface area contributed by atoms with Crippen LogP contribution in [-0.4, -0.2) is 24.2 Å². The molecule has 0 fully saturated rings. The lowest BCUT2D eigenvalue weighted by atomic mass is 10.2. The van der Waals surface area contributed by atoms with Crippen molar-refractivity contribution < 1.29 is 9.47 Å². The zero-order valence-electron chi connectivity index (χ0n) is 11.5. The van der Waals surface area contributed by atoms with Gasteiger partial charge in [0.2, 0.25) is 6.29 Å². The van der Waals surface area contributed by atoms with Crippen molar-refractivity contribution >= 4 is 38.2 Å². The van der Waals surface area contributed by atoms with Gasteiger partial charge in [0.05, 0.1) is 5.52 Å². The molecule has 1 aromatic carbocycles. The number of rotatable bonds is 4. The number of hydrogen-bond donors (Lipinski definition) is 0. The number of ether oxygens (including phenoxy) is 2. The van der Waals surface area contributed by atoms with Crippen LogP contribution in [0.2, 0.25) is 0 Å². The molecule has 3 rings (SSSR count). The predicted molar refractivity (Wildman–Crippen MR) is 87.3 cm³/mol. The molecule has 0 unspecified atom stereocenters. The number of halogens is 1. The highest BCUT2D eigenvalue weighted by molar-refractivity contribution is 9.10. The first kappa shape index (κ1) is 14.6. The van der Waals surface area contributed by atoms with E-state index in [-0.39, 0.29) is 0 Å². The number of methoxy groups -OCH3 is 2. The first-order valence-electron chi connectivity index (χ1n) is 6.29. The maximum atomic E-state index is 5.23. The molecule has 2 aromatic heterocycles. The Kier molecular flexibility index (Phi) is 4.30. The van der Waals surface area contributed by atoms with Crippen LogP contribution >= 0.6 is 27.3 Å². The third-order valence-corrected chi connectivity index (χ3v) is 4.54. The van der Waals surface area contributed by atoms with Gasteiger partial charge in [-0.1, -0.05) is 18.2 Å². The van der Waals surface area contributed by atoms with Gasteiger partial charge in [0.15, 0.2) is 0 Å². The smallest absolute Gasteiger partial charge is 0.201 e. The molecular formula is C15H13BrN2O2S. The van der Waals surface area contributed by atoms with Gasteiger partial charge in [0, 0.05) is 29.5 Å². The predicted octanol–water partition coefficient (Wildman–Crippen LogP) is 4.41. The number of fused-ring (bicyclic) bond motifs is 1. The van der Waals surface area contributed by atoms with Crippen LogP contribution in [-0.2, 0) is 9.47 Å². The van der Waals surface area contributed by atoms with Crippen LogP contribution in [0.1, 0.15) is 12.0 Å². The van der Waals surface area contributed by atoms with Gasteiger partial charge in [-0.2, -0.15) is 0 Å². The highest BCUT2D eigenvalue weighted by atomic mass is 79.9. The van der Waals surface area contributed by atoms with E-state index in [9.17, 15) is 0 Å². The van der Waals surface area contributed by atoms with Crippen LogP contribution in [0.3, 0.4) is 0 Å². The second-order valence-corrected chi connectivity index (χ2v) is 6.10. The molecule has 0 N–H and O–H groups in total. The summed E-state index contributed by atoms with van der Waals surface area (Å²) in [5.74, 6) is 0. The lowest BCUT2D eigenvalue weighted by Gasteiger charge is -2.09. The largest absolute Gasteiger partial charge is 0.350 e. The fraction of sp³-hybridized carbons (Fsp3) is 0.200. The van der Waals surface area contributed by atoms with Crippen LogP contribution in [0.15, 0.2) is 40.2 Å². The Labute approximate surface area is 134 Å². The molecule has 108 valence electrons. The Hall–Kier alpha value is -1.34. The van der Waals surface area contributed by atoms with Crippen LogP contribution in [0.5, 0.6) is 0 Å². The molecule has 6 heteroatoms. The Balaban J connectivity index is 2.06. The van der Waals surface area contributed by atoms with Gasteiger partial charge < -0.3 is 9.47 Å². The number of aromatic nitrogens is 2. The van der Waals surface area contributed by atoms with E-state index in [0.717, 1.165) is 31.8 Å². The summed E-state index contributed by atoms with van der Waals surface area (Å²) in [4.78, 5) is 9.25. The molecule has 0 saturated heterocycles. The molecule has 0 aliphatic rings. The SMILES string of the molecule is COC(OC)c1csc(-c2nc3ccccc3cc2Br)n1. The van der Waals surface area contributed by atoms with E-state index >= 15 is 0 Å². The summed E-state index contributed by atoms with van der Waals surface area (Å²) < 4.78 is 11.4. The molecule has 0 saturated carbocycles. The number of para-hydroxylation sites is 1. The van der Waals surface area contributed by atoms with Gasteiger partial charge in [0.1, 0.15) is 16.4 Å².